The van der Waals surface area contributed by atoms with E-state index in [-0.39, 0.29) is 11.9 Å². The Morgan fingerprint density at radius 1 is 1.47 bits per heavy atom. The fraction of sp³-hybridized carbons (Fsp3) is 0.909. The normalized spacial score (nSPS) is 26.7. The molecule has 0 aromatic heterocycles. The standard InChI is InChI=1S/C11H22N2O2/c1-4-13(5-2)10-6-7-12-8-9(10)11(14)15-3/h9-10,12H,4-8H2,1-3H3. The highest BCUT2D eigenvalue weighted by molar-refractivity contribution is 5.73. The number of nitrogens with zero attached hydrogens (tertiary/aromatic N) is 1. The highest BCUT2D eigenvalue weighted by atomic mass is 16.5. The van der Waals surface area contributed by atoms with E-state index in [0.29, 0.717) is 6.04 Å². The summed E-state index contributed by atoms with van der Waals surface area (Å²) in [6.07, 6.45) is 1.03. The summed E-state index contributed by atoms with van der Waals surface area (Å²) in [7, 11) is 1.47. The van der Waals surface area contributed by atoms with E-state index in [9.17, 15) is 4.79 Å². The van der Waals surface area contributed by atoms with Gasteiger partial charge in [0.15, 0.2) is 0 Å². The van der Waals surface area contributed by atoms with Crippen LogP contribution < -0.4 is 5.32 Å². The van der Waals surface area contributed by atoms with Crippen LogP contribution in [0.5, 0.6) is 0 Å². The van der Waals surface area contributed by atoms with Crippen LogP contribution >= 0.6 is 0 Å². The van der Waals surface area contributed by atoms with Gasteiger partial charge in [-0.3, -0.25) is 9.69 Å². The molecule has 4 heteroatoms. The average molecular weight is 214 g/mol. The fourth-order valence-electron chi connectivity index (χ4n) is 2.37. The van der Waals surface area contributed by atoms with Crippen LogP contribution in [0, 0.1) is 5.92 Å². The number of rotatable bonds is 4. The maximum absolute atomic E-state index is 11.6. The van der Waals surface area contributed by atoms with Gasteiger partial charge in [0, 0.05) is 12.6 Å². The molecule has 0 aromatic rings. The molecule has 15 heavy (non-hydrogen) atoms. The van der Waals surface area contributed by atoms with Crippen molar-refractivity contribution >= 4 is 5.97 Å². The van der Waals surface area contributed by atoms with E-state index in [1.807, 2.05) is 0 Å². The monoisotopic (exact) mass is 214 g/mol. The third-order valence-electron chi connectivity index (χ3n) is 3.23. The topological polar surface area (TPSA) is 41.6 Å². The number of hydrogen-bond acceptors (Lipinski definition) is 4. The van der Waals surface area contributed by atoms with Crippen molar-refractivity contribution in [2.24, 2.45) is 5.92 Å². The Labute approximate surface area is 92.0 Å². The Kier molecular flexibility index (Phi) is 5.05. The maximum Gasteiger partial charge on any atom is 0.311 e. The quantitative estimate of drug-likeness (QED) is 0.691. The third kappa shape index (κ3) is 2.92. The summed E-state index contributed by atoms with van der Waals surface area (Å²) in [6, 6.07) is 0.341. The second-order valence-corrected chi connectivity index (χ2v) is 3.91. The summed E-state index contributed by atoms with van der Waals surface area (Å²) in [5.41, 5.74) is 0. The van der Waals surface area contributed by atoms with Crippen molar-refractivity contribution < 1.29 is 9.53 Å². The highest BCUT2D eigenvalue weighted by Crippen LogP contribution is 2.19. The molecule has 1 fully saturated rings. The average Bonchev–Trinajstić information content (AvgIpc) is 2.30. The van der Waals surface area contributed by atoms with E-state index in [0.717, 1.165) is 32.6 Å². The van der Waals surface area contributed by atoms with Crippen LogP contribution in [0.15, 0.2) is 0 Å². The molecule has 0 amide bonds. The van der Waals surface area contributed by atoms with E-state index in [4.69, 9.17) is 4.74 Å². The molecular weight excluding hydrogens is 192 g/mol. The Bertz CT molecular complexity index is 205. The zero-order valence-electron chi connectivity index (χ0n) is 9.95. The number of hydrogen-bond donors (Lipinski definition) is 1. The minimum atomic E-state index is -0.0842. The van der Waals surface area contributed by atoms with Crippen molar-refractivity contribution in [1.29, 1.82) is 0 Å². The van der Waals surface area contributed by atoms with Gasteiger partial charge in [0.2, 0.25) is 0 Å². The molecule has 0 aromatic carbocycles. The molecule has 2 atom stereocenters. The van der Waals surface area contributed by atoms with Crippen LogP contribution in [0.4, 0.5) is 0 Å². The van der Waals surface area contributed by atoms with Crippen LogP contribution in [-0.2, 0) is 9.53 Å². The van der Waals surface area contributed by atoms with Crippen molar-refractivity contribution in [3.05, 3.63) is 0 Å². The van der Waals surface area contributed by atoms with E-state index in [1.54, 1.807) is 0 Å². The van der Waals surface area contributed by atoms with Crippen LogP contribution in [0.1, 0.15) is 20.3 Å². The predicted octanol–water partition coefficient (Wildman–Crippen LogP) is 0.479. The van der Waals surface area contributed by atoms with Crippen LogP contribution in [-0.4, -0.2) is 50.2 Å². The van der Waals surface area contributed by atoms with Gasteiger partial charge in [-0.05, 0) is 26.1 Å². The molecule has 0 bridgehead atoms. The number of carbonyl (C=O) groups is 1. The summed E-state index contributed by atoms with van der Waals surface area (Å²) in [5, 5.41) is 3.26. The van der Waals surface area contributed by atoms with E-state index in [2.05, 4.69) is 24.1 Å². The van der Waals surface area contributed by atoms with E-state index >= 15 is 0 Å². The highest BCUT2D eigenvalue weighted by Gasteiger charge is 2.34. The van der Waals surface area contributed by atoms with Crippen LogP contribution in [0.25, 0.3) is 0 Å². The van der Waals surface area contributed by atoms with Gasteiger partial charge >= 0.3 is 5.97 Å². The molecule has 0 spiro atoms. The molecule has 1 heterocycles. The van der Waals surface area contributed by atoms with Gasteiger partial charge < -0.3 is 10.1 Å². The number of esters is 1. The molecule has 0 saturated carbocycles. The molecule has 1 rings (SSSR count). The SMILES string of the molecule is CCN(CC)C1CCNCC1C(=O)OC. The van der Waals surface area contributed by atoms with Gasteiger partial charge in [-0.15, -0.1) is 0 Å². The largest absolute Gasteiger partial charge is 0.469 e. The second-order valence-electron chi connectivity index (χ2n) is 3.91. The van der Waals surface area contributed by atoms with E-state index in [1.165, 1.54) is 7.11 Å². The Balaban J connectivity index is 2.68. The van der Waals surface area contributed by atoms with Gasteiger partial charge in [-0.25, -0.2) is 0 Å². The third-order valence-corrected chi connectivity index (χ3v) is 3.23. The molecule has 0 radical (unpaired) electrons. The molecule has 2 unspecified atom stereocenters. The number of methoxy groups -OCH3 is 1. The van der Waals surface area contributed by atoms with Gasteiger partial charge in [0.1, 0.15) is 0 Å². The van der Waals surface area contributed by atoms with E-state index < -0.39 is 0 Å². The first-order valence-corrected chi connectivity index (χ1v) is 5.77. The first-order chi connectivity index (χ1) is 7.24. The maximum atomic E-state index is 11.6. The Hall–Kier alpha value is -0.610. The van der Waals surface area contributed by atoms with Gasteiger partial charge in [-0.2, -0.15) is 0 Å². The Morgan fingerprint density at radius 2 is 2.13 bits per heavy atom. The lowest BCUT2D eigenvalue weighted by Crippen LogP contribution is -2.52. The number of ether oxygens (including phenoxy) is 1. The van der Waals surface area contributed by atoms with Crippen molar-refractivity contribution in [2.75, 3.05) is 33.3 Å². The molecule has 1 aliphatic rings. The molecule has 1 saturated heterocycles. The smallest absolute Gasteiger partial charge is 0.311 e. The van der Waals surface area contributed by atoms with Gasteiger partial charge in [0.05, 0.1) is 13.0 Å². The number of nitrogens with one attached hydrogen (secondary N) is 1. The minimum Gasteiger partial charge on any atom is -0.469 e. The van der Waals surface area contributed by atoms with Crippen molar-refractivity contribution in [2.45, 2.75) is 26.3 Å². The zero-order valence-corrected chi connectivity index (χ0v) is 9.95. The second kappa shape index (κ2) is 6.08. The molecule has 88 valence electrons. The number of piperidine rings is 1. The lowest BCUT2D eigenvalue weighted by molar-refractivity contribution is -0.148. The van der Waals surface area contributed by atoms with Crippen molar-refractivity contribution in [3.63, 3.8) is 0 Å². The van der Waals surface area contributed by atoms with Crippen LogP contribution in [0.3, 0.4) is 0 Å². The van der Waals surface area contributed by atoms with Crippen molar-refractivity contribution in [3.8, 4) is 0 Å². The minimum absolute atomic E-state index is 0.0105. The summed E-state index contributed by atoms with van der Waals surface area (Å²) < 4.78 is 4.85. The van der Waals surface area contributed by atoms with Gasteiger partial charge in [0.25, 0.3) is 0 Å². The summed E-state index contributed by atoms with van der Waals surface area (Å²) in [4.78, 5) is 14.0. The summed E-state index contributed by atoms with van der Waals surface area (Å²) >= 11 is 0. The first kappa shape index (κ1) is 12.5. The lowest BCUT2D eigenvalue weighted by Gasteiger charge is -2.37. The molecule has 1 aliphatic heterocycles. The van der Waals surface area contributed by atoms with Crippen LogP contribution in [0.2, 0.25) is 0 Å². The zero-order chi connectivity index (χ0) is 11.3. The number of carbonyl (C=O) groups excluding carboxylic acids is 1. The predicted molar refractivity (Wildman–Crippen MR) is 59.7 cm³/mol. The molecular formula is C11H22N2O2. The van der Waals surface area contributed by atoms with Crippen molar-refractivity contribution in [1.82, 2.24) is 10.2 Å². The fourth-order valence-corrected chi connectivity index (χ4v) is 2.37. The van der Waals surface area contributed by atoms with Gasteiger partial charge in [-0.1, -0.05) is 13.8 Å². The molecule has 1 N–H and O–H groups in total. The molecule has 4 nitrogen and oxygen atoms in total. The summed E-state index contributed by atoms with van der Waals surface area (Å²) in [5.74, 6) is -0.0947. The first-order valence-electron chi connectivity index (χ1n) is 5.77. The Morgan fingerprint density at radius 3 is 2.67 bits per heavy atom. The molecule has 0 aliphatic carbocycles. The summed E-state index contributed by atoms with van der Waals surface area (Å²) in [6.45, 7) is 8.01. The lowest BCUT2D eigenvalue weighted by atomic mass is 9.92.